The van der Waals surface area contributed by atoms with Gasteiger partial charge in [-0.3, -0.25) is 9.59 Å². The van der Waals surface area contributed by atoms with Crippen LogP contribution in [0.25, 0.3) is 21.9 Å². The second-order valence-corrected chi connectivity index (χ2v) is 8.39. The summed E-state index contributed by atoms with van der Waals surface area (Å²) in [6, 6.07) is 20.1. The van der Waals surface area contributed by atoms with Gasteiger partial charge in [0, 0.05) is 37.3 Å². The van der Waals surface area contributed by atoms with E-state index in [2.05, 4.69) is 18.2 Å². The van der Waals surface area contributed by atoms with E-state index in [-0.39, 0.29) is 11.8 Å². The largest absolute Gasteiger partial charge is 0.339 e. The van der Waals surface area contributed by atoms with Gasteiger partial charge in [0.15, 0.2) is 0 Å². The second-order valence-electron chi connectivity index (χ2n) is 8.39. The first-order valence-electron chi connectivity index (χ1n) is 11.1. The molecule has 0 aromatic heterocycles. The summed E-state index contributed by atoms with van der Waals surface area (Å²) in [6.45, 7) is 3.08. The van der Waals surface area contributed by atoms with Crippen molar-refractivity contribution < 1.29 is 9.59 Å². The number of carbonyl (C=O) groups is 2. The quantitative estimate of drug-likeness (QED) is 0.561. The summed E-state index contributed by atoms with van der Waals surface area (Å²) in [5.41, 5.74) is 3.58. The van der Waals surface area contributed by atoms with Gasteiger partial charge in [-0.2, -0.15) is 0 Å². The van der Waals surface area contributed by atoms with Crippen molar-refractivity contribution in [1.82, 2.24) is 9.80 Å². The van der Waals surface area contributed by atoms with E-state index in [0.717, 1.165) is 59.0 Å². The number of hydrogen-bond acceptors (Lipinski definition) is 2. The third kappa shape index (κ3) is 3.98. The lowest BCUT2D eigenvalue weighted by atomic mass is 9.98. The lowest BCUT2D eigenvalue weighted by Crippen LogP contribution is -2.35. The van der Waals surface area contributed by atoms with Crippen LogP contribution >= 0.6 is 0 Å². The van der Waals surface area contributed by atoms with Crippen molar-refractivity contribution >= 4 is 22.6 Å². The summed E-state index contributed by atoms with van der Waals surface area (Å²) < 4.78 is 0. The molecule has 0 radical (unpaired) electrons. The molecular weight excluding hydrogens is 384 g/mol. The molecule has 4 nitrogen and oxygen atoms in total. The molecule has 5 rings (SSSR count). The molecular formula is C27H26N2O2. The smallest absolute Gasteiger partial charge is 0.254 e. The van der Waals surface area contributed by atoms with Crippen molar-refractivity contribution in [3.8, 4) is 11.1 Å². The topological polar surface area (TPSA) is 40.6 Å². The van der Waals surface area contributed by atoms with Crippen molar-refractivity contribution in [2.45, 2.75) is 19.3 Å². The number of hydrogen-bond donors (Lipinski definition) is 0. The number of fused-ring (bicyclic) bond motifs is 1. The average Bonchev–Trinajstić information content (AvgIpc) is 3.38. The number of amides is 2. The molecule has 0 N–H and O–H groups in total. The van der Waals surface area contributed by atoms with Crippen LogP contribution in [0.2, 0.25) is 0 Å². The van der Waals surface area contributed by atoms with Crippen molar-refractivity contribution in [2.75, 3.05) is 26.2 Å². The van der Waals surface area contributed by atoms with Gasteiger partial charge in [-0.15, -0.1) is 0 Å². The van der Waals surface area contributed by atoms with Gasteiger partial charge in [0.1, 0.15) is 0 Å². The van der Waals surface area contributed by atoms with Gasteiger partial charge in [0.05, 0.1) is 0 Å². The lowest BCUT2D eigenvalue weighted by molar-refractivity contribution is 0.0723. The maximum atomic E-state index is 12.9. The van der Waals surface area contributed by atoms with Crippen molar-refractivity contribution in [2.24, 2.45) is 0 Å². The molecule has 2 aliphatic heterocycles. The van der Waals surface area contributed by atoms with Gasteiger partial charge in [-0.1, -0.05) is 42.5 Å². The third-order valence-electron chi connectivity index (χ3n) is 6.28. The Balaban J connectivity index is 1.40. The van der Waals surface area contributed by atoms with E-state index in [0.29, 0.717) is 13.1 Å². The Kier molecular flexibility index (Phi) is 5.29. The van der Waals surface area contributed by atoms with E-state index in [1.54, 1.807) is 0 Å². The Labute approximate surface area is 182 Å². The van der Waals surface area contributed by atoms with Crippen molar-refractivity contribution in [1.29, 1.82) is 0 Å². The fourth-order valence-corrected chi connectivity index (χ4v) is 4.50. The maximum absolute atomic E-state index is 12.9. The molecule has 0 atom stereocenters. The van der Waals surface area contributed by atoms with E-state index < -0.39 is 0 Å². The maximum Gasteiger partial charge on any atom is 0.254 e. The predicted molar refractivity (Wildman–Crippen MR) is 124 cm³/mol. The molecule has 0 aliphatic carbocycles. The van der Waals surface area contributed by atoms with Gasteiger partial charge >= 0.3 is 0 Å². The summed E-state index contributed by atoms with van der Waals surface area (Å²) in [5.74, 6) is 0.196. The van der Waals surface area contributed by atoms with Crippen LogP contribution in [0.15, 0.2) is 72.8 Å². The Hall–Kier alpha value is -3.40. The van der Waals surface area contributed by atoms with Crippen LogP contribution in [0.1, 0.15) is 40.0 Å². The third-order valence-corrected chi connectivity index (χ3v) is 6.28. The number of likely N-dealkylation sites (tertiary alicyclic amines) is 1. The van der Waals surface area contributed by atoms with E-state index in [4.69, 9.17) is 0 Å². The normalized spacial score (nSPS) is 16.1. The number of carbonyl (C=O) groups excluding carboxylic acids is 2. The molecule has 0 saturated carbocycles. The molecule has 1 saturated heterocycles. The molecule has 1 fully saturated rings. The van der Waals surface area contributed by atoms with Crippen molar-refractivity contribution in [3.05, 3.63) is 83.9 Å². The number of nitrogens with zero attached hydrogens (tertiary/aromatic N) is 2. The molecule has 2 heterocycles. The summed E-state index contributed by atoms with van der Waals surface area (Å²) >= 11 is 0. The highest BCUT2D eigenvalue weighted by Crippen LogP contribution is 2.27. The highest BCUT2D eigenvalue weighted by Gasteiger charge is 2.19. The first-order chi connectivity index (χ1) is 15.2. The van der Waals surface area contributed by atoms with Crippen LogP contribution in [0.5, 0.6) is 0 Å². The van der Waals surface area contributed by atoms with Crippen LogP contribution in [0.3, 0.4) is 0 Å². The molecule has 0 unspecified atom stereocenters. The molecule has 3 aromatic carbocycles. The summed E-state index contributed by atoms with van der Waals surface area (Å²) in [4.78, 5) is 29.4. The van der Waals surface area contributed by atoms with E-state index in [1.807, 2.05) is 64.4 Å². The molecule has 2 amide bonds. The zero-order valence-electron chi connectivity index (χ0n) is 17.6. The highest BCUT2D eigenvalue weighted by molar-refractivity contribution is 6.00. The van der Waals surface area contributed by atoms with E-state index in [1.165, 1.54) is 6.42 Å². The van der Waals surface area contributed by atoms with Gasteiger partial charge in [0.2, 0.25) is 0 Å². The fourth-order valence-electron chi connectivity index (χ4n) is 4.50. The lowest BCUT2D eigenvalue weighted by Gasteiger charge is -2.26. The van der Waals surface area contributed by atoms with Crippen LogP contribution in [0.4, 0.5) is 0 Å². The average molecular weight is 411 g/mol. The first-order valence-corrected chi connectivity index (χ1v) is 11.1. The summed E-state index contributed by atoms with van der Waals surface area (Å²) in [6.07, 6.45) is 7.44. The van der Waals surface area contributed by atoms with Crippen LogP contribution in [0, 0.1) is 0 Å². The number of piperidine rings is 1. The Morgan fingerprint density at radius 2 is 1.26 bits per heavy atom. The fraction of sp³-hybridized carbons (Fsp3) is 0.259. The zero-order chi connectivity index (χ0) is 21.2. The first kappa shape index (κ1) is 19.6. The predicted octanol–water partition coefficient (Wildman–Crippen LogP) is 5.14. The van der Waals surface area contributed by atoms with Crippen molar-refractivity contribution in [3.63, 3.8) is 0 Å². The van der Waals surface area contributed by atoms with Crippen LogP contribution in [-0.4, -0.2) is 47.8 Å². The summed E-state index contributed by atoms with van der Waals surface area (Å²) in [7, 11) is 0. The van der Waals surface area contributed by atoms with E-state index in [9.17, 15) is 9.59 Å². The molecule has 156 valence electrons. The Bertz CT molecular complexity index is 1170. The van der Waals surface area contributed by atoms with E-state index >= 15 is 0 Å². The van der Waals surface area contributed by atoms with Gasteiger partial charge in [0.25, 0.3) is 11.8 Å². The highest BCUT2D eigenvalue weighted by atomic mass is 16.2. The minimum absolute atomic E-state index is 0.0694. The molecule has 2 aliphatic rings. The SMILES string of the molecule is O=C(c1ccc2cc(-c3cccc(C(=O)N4CCCCC4)c3)ccc2c1)N1CC=CC1. The Morgan fingerprint density at radius 1 is 0.613 bits per heavy atom. The summed E-state index contributed by atoms with van der Waals surface area (Å²) in [5, 5.41) is 2.13. The number of rotatable bonds is 3. The van der Waals surface area contributed by atoms with Gasteiger partial charge in [-0.05, 0) is 71.5 Å². The molecule has 4 heteroatoms. The molecule has 0 spiro atoms. The van der Waals surface area contributed by atoms with Crippen LogP contribution < -0.4 is 0 Å². The standard InChI is InChI=1S/C27H26N2O2/c30-26(28-13-2-1-3-14-28)24-8-6-7-20(18-24)21-9-10-23-19-25(12-11-22(23)17-21)27(31)29-15-4-5-16-29/h4-12,17-19H,1-3,13-16H2. The van der Waals surface area contributed by atoms with Gasteiger partial charge in [-0.25, -0.2) is 0 Å². The number of benzene rings is 3. The molecule has 3 aromatic rings. The Morgan fingerprint density at radius 3 is 2.06 bits per heavy atom. The monoisotopic (exact) mass is 410 g/mol. The zero-order valence-corrected chi connectivity index (χ0v) is 17.6. The minimum atomic E-state index is 0.0694. The molecule has 31 heavy (non-hydrogen) atoms. The van der Waals surface area contributed by atoms with Crippen LogP contribution in [-0.2, 0) is 0 Å². The van der Waals surface area contributed by atoms with Gasteiger partial charge < -0.3 is 9.80 Å². The molecule has 0 bridgehead atoms. The minimum Gasteiger partial charge on any atom is -0.339 e. The second kappa shape index (κ2) is 8.38.